The first kappa shape index (κ1) is 21.3. The van der Waals surface area contributed by atoms with Crippen molar-refractivity contribution in [3.63, 3.8) is 0 Å². The average molecular weight is 458 g/mol. The Kier molecular flexibility index (Phi) is 7.23. The first-order valence-electron chi connectivity index (χ1n) is 9.44. The molecule has 29 heavy (non-hydrogen) atoms. The molecule has 6 nitrogen and oxygen atoms in total. The normalized spacial score (nSPS) is 15.5. The van der Waals surface area contributed by atoms with Gasteiger partial charge in [-0.2, -0.15) is 0 Å². The quantitative estimate of drug-likeness (QED) is 0.360. The van der Waals surface area contributed by atoms with E-state index in [0.717, 1.165) is 27.2 Å². The van der Waals surface area contributed by atoms with Gasteiger partial charge in [0.25, 0.3) is 0 Å². The molecule has 0 aliphatic carbocycles. The third-order valence-electron chi connectivity index (χ3n) is 4.58. The summed E-state index contributed by atoms with van der Waals surface area (Å²) in [5.41, 5.74) is 4.52. The van der Waals surface area contributed by atoms with Crippen LogP contribution in [0.25, 0.3) is 6.08 Å². The van der Waals surface area contributed by atoms with E-state index < -0.39 is 0 Å². The second-order valence-corrected chi connectivity index (χ2v) is 7.50. The van der Waals surface area contributed by atoms with Crippen LogP contribution in [0.5, 0.6) is 0 Å². The number of aliphatic hydroxyl groups is 1. The molecule has 1 heterocycles. The first-order valence-corrected chi connectivity index (χ1v) is 10.3. The van der Waals surface area contributed by atoms with Gasteiger partial charge in [0.1, 0.15) is 0 Å². The van der Waals surface area contributed by atoms with Crippen LogP contribution in [0.4, 0.5) is 11.4 Å². The fourth-order valence-electron chi connectivity index (χ4n) is 2.97. The molecule has 1 aliphatic rings. The zero-order chi connectivity index (χ0) is 20.8. The number of aryl methyl sites for hydroxylation is 1. The predicted octanol–water partition coefficient (Wildman–Crippen LogP) is 1.99. The van der Waals surface area contributed by atoms with Gasteiger partial charge in [0.15, 0.2) is 0 Å². The Morgan fingerprint density at radius 3 is 2.45 bits per heavy atom. The van der Waals surface area contributed by atoms with E-state index in [2.05, 4.69) is 20.9 Å². The minimum absolute atomic E-state index is 0.0343. The van der Waals surface area contributed by atoms with E-state index in [1.807, 2.05) is 73.5 Å². The van der Waals surface area contributed by atoms with Gasteiger partial charge < -0.3 is 5.11 Å². The number of hydrogen-bond acceptors (Lipinski definition) is 5. The molecule has 0 unspecified atom stereocenters. The van der Waals surface area contributed by atoms with Crippen molar-refractivity contribution in [2.45, 2.75) is 6.92 Å². The van der Waals surface area contributed by atoms with Crippen molar-refractivity contribution in [3.8, 4) is 0 Å². The van der Waals surface area contributed by atoms with E-state index in [1.54, 1.807) is 4.90 Å². The molecule has 1 amide bonds. The maximum absolute atomic E-state index is 13.0. The zero-order valence-corrected chi connectivity index (χ0v) is 18.3. The Hall–Kier alpha value is -2.44. The summed E-state index contributed by atoms with van der Waals surface area (Å²) < 4.78 is 5.98. The molecule has 3 rings (SSSR count). The second-order valence-electron chi connectivity index (χ2n) is 6.73. The number of ether oxygens (including phenoxy) is 1. The summed E-state index contributed by atoms with van der Waals surface area (Å²) in [5.74, 6) is -0.0617. The van der Waals surface area contributed by atoms with E-state index in [0.29, 0.717) is 25.5 Å². The van der Waals surface area contributed by atoms with E-state index in [-0.39, 0.29) is 12.5 Å². The number of carbonyl (C=O) groups excluding carboxylic acids is 1. The molecule has 0 aromatic heterocycles. The van der Waals surface area contributed by atoms with Crippen molar-refractivity contribution < 1.29 is 14.6 Å². The van der Waals surface area contributed by atoms with Crippen LogP contribution in [0.15, 0.2) is 54.2 Å². The van der Waals surface area contributed by atoms with Crippen LogP contribution in [-0.4, -0.2) is 69.6 Å². The van der Waals surface area contributed by atoms with Gasteiger partial charge in [-0.1, -0.05) is 0 Å². The molecule has 0 atom stereocenters. The number of carbonyl (C=O) groups is 1. The number of anilines is 2. The molecule has 2 aromatic rings. The molecule has 1 saturated heterocycles. The van der Waals surface area contributed by atoms with Crippen molar-refractivity contribution in [1.82, 2.24) is 4.90 Å². The Bertz CT molecular complexity index is 895. The molecule has 152 valence electrons. The van der Waals surface area contributed by atoms with Gasteiger partial charge in [0, 0.05) is 0 Å². The number of aliphatic hydroxyl groups excluding tert-OH is 1. The van der Waals surface area contributed by atoms with E-state index in [9.17, 15) is 4.79 Å². The van der Waals surface area contributed by atoms with Gasteiger partial charge in [-0.3, -0.25) is 0 Å². The summed E-state index contributed by atoms with van der Waals surface area (Å²) in [4.78, 5) is 16.6. The Morgan fingerprint density at radius 1 is 1.10 bits per heavy atom. The summed E-state index contributed by atoms with van der Waals surface area (Å²) in [6.45, 7) is 3.61. The van der Waals surface area contributed by atoms with Gasteiger partial charge in [-0.25, -0.2) is 0 Å². The number of hydrogen-bond donors (Lipinski definition) is 2. The topological polar surface area (TPSA) is 65.0 Å². The summed E-state index contributed by atoms with van der Waals surface area (Å²) in [6, 6.07) is 15.8. The van der Waals surface area contributed by atoms with Crippen LogP contribution in [0.3, 0.4) is 0 Å². The van der Waals surface area contributed by atoms with E-state index >= 15 is 0 Å². The van der Waals surface area contributed by atoms with Gasteiger partial charge in [-0.15, -0.1) is 0 Å². The fourth-order valence-corrected chi connectivity index (χ4v) is 3.57. The molecular weight excluding hydrogens is 433 g/mol. The van der Waals surface area contributed by atoms with Crippen molar-refractivity contribution in [2.75, 3.05) is 43.6 Å². The maximum atomic E-state index is 13.0. The summed E-state index contributed by atoms with van der Waals surface area (Å²) in [7, 11) is 1.88. The van der Waals surface area contributed by atoms with Gasteiger partial charge in [-0.05, 0) is 0 Å². The molecule has 1 fully saturated rings. The molecule has 7 heteroatoms. The first-order chi connectivity index (χ1) is 14.0. The Labute approximate surface area is 179 Å². The minimum atomic E-state index is -0.0617. The number of nitrogens with one attached hydrogen (secondary N) is 1. The van der Waals surface area contributed by atoms with Crippen LogP contribution >= 0.6 is 0 Å². The number of likely N-dealkylation sites (N-methyl/N-ethyl adjacent to an activating group) is 1. The molecule has 2 N–H and O–H groups in total. The standard InChI is InChI=1S/C22H25N3O3Se/c1-16-3-9-19(10-4-16)25-21(27)20(24(2)22(25)29)15-17-5-7-18(8-6-17)23-11-13-28-14-12-26/h3-10,15,23,26H,11-14H2,1-2H3/b20-15+. The monoisotopic (exact) mass is 459 g/mol. The molecule has 2 aromatic carbocycles. The van der Waals surface area contributed by atoms with Crippen molar-refractivity contribution in [2.24, 2.45) is 0 Å². The second kappa shape index (κ2) is 9.85. The number of amides is 1. The van der Waals surface area contributed by atoms with Gasteiger partial charge >= 0.3 is 161 Å². The Morgan fingerprint density at radius 2 is 1.79 bits per heavy atom. The molecule has 1 aliphatic heterocycles. The number of nitrogens with zero attached hydrogens (tertiary/aromatic N) is 2. The fraction of sp³-hybridized carbons (Fsp3) is 0.273. The SMILES string of the molecule is Cc1ccc(N2C(=O)/C(=C\c3ccc(NCCOCCO)cc3)N(C)C2=[Se])cc1. The van der Waals surface area contributed by atoms with Gasteiger partial charge in [0.05, 0.1) is 13.2 Å². The molecule has 0 spiro atoms. The third kappa shape index (κ3) is 5.14. The van der Waals surface area contributed by atoms with Crippen LogP contribution in [0.1, 0.15) is 11.1 Å². The predicted molar refractivity (Wildman–Crippen MR) is 118 cm³/mol. The van der Waals surface area contributed by atoms with Crippen molar-refractivity contribution in [3.05, 3.63) is 65.4 Å². The van der Waals surface area contributed by atoms with Crippen molar-refractivity contribution in [1.29, 1.82) is 0 Å². The molecule has 0 bridgehead atoms. The number of benzene rings is 2. The van der Waals surface area contributed by atoms with E-state index in [4.69, 9.17) is 9.84 Å². The van der Waals surface area contributed by atoms with E-state index in [1.165, 1.54) is 0 Å². The van der Waals surface area contributed by atoms with Crippen LogP contribution in [-0.2, 0) is 9.53 Å². The van der Waals surface area contributed by atoms with Crippen LogP contribution < -0.4 is 10.2 Å². The zero-order valence-electron chi connectivity index (χ0n) is 16.6. The van der Waals surface area contributed by atoms with Gasteiger partial charge in [0.2, 0.25) is 0 Å². The molecule has 0 radical (unpaired) electrons. The molecular formula is C22H25N3O3Se. The summed E-state index contributed by atoms with van der Waals surface area (Å²) in [5, 5.41) is 12.0. The third-order valence-corrected chi connectivity index (χ3v) is 5.54. The Balaban J connectivity index is 1.70. The molecule has 0 saturated carbocycles. The number of rotatable bonds is 8. The summed E-state index contributed by atoms with van der Waals surface area (Å²) >= 11 is 3.01. The van der Waals surface area contributed by atoms with Crippen LogP contribution in [0, 0.1) is 6.92 Å². The van der Waals surface area contributed by atoms with Crippen molar-refractivity contribution >= 4 is 43.6 Å². The van der Waals surface area contributed by atoms with Crippen LogP contribution in [0.2, 0.25) is 0 Å². The average Bonchev–Trinajstić information content (AvgIpc) is 2.93. The summed E-state index contributed by atoms with van der Waals surface area (Å²) in [6.07, 6.45) is 1.89.